The van der Waals surface area contributed by atoms with Crippen molar-refractivity contribution in [2.75, 3.05) is 5.32 Å². The van der Waals surface area contributed by atoms with Crippen LogP contribution in [-0.2, 0) is 11.5 Å². The van der Waals surface area contributed by atoms with Crippen LogP contribution in [0.2, 0.25) is 5.02 Å². The van der Waals surface area contributed by atoms with E-state index < -0.39 is 17.8 Å². The van der Waals surface area contributed by atoms with Crippen molar-refractivity contribution in [2.24, 2.45) is 5.73 Å². The molecule has 9 nitrogen and oxygen atoms in total. The molecule has 0 saturated carbocycles. The first-order chi connectivity index (χ1) is 15.6. The third-order valence-corrected chi connectivity index (χ3v) is 6.16. The number of halogens is 1. The van der Waals surface area contributed by atoms with E-state index in [4.69, 9.17) is 26.8 Å². The summed E-state index contributed by atoms with van der Waals surface area (Å²) in [6.45, 7) is 6.92. The third-order valence-electron chi connectivity index (χ3n) is 4.51. The molecule has 3 aromatic rings. The Morgan fingerprint density at radius 1 is 1.24 bits per heavy atom. The number of hydrogen-bond acceptors (Lipinski definition) is 7. The summed E-state index contributed by atoms with van der Waals surface area (Å²) in [5.74, 6) is -1.30. The quantitative estimate of drug-likeness (QED) is 0.456. The fourth-order valence-corrected chi connectivity index (χ4v) is 4.08. The van der Waals surface area contributed by atoms with Gasteiger partial charge in [0.1, 0.15) is 10.8 Å². The van der Waals surface area contributed by atoms with Crippen molar-refractivity contribution >= 4 is 45.7 Å². The molecule has 0 saturated heterocycles. The summed E-state index contributed by atoms with van der Waals surface area (Å²) in [6.07, 6.45) is 1.21. The number of nitrogens with one attached hydrogen (secondary N) is 1. The number of nitrogens with zero attached hydrogens (tertiary/aromatic N) is 2. The SMILES string of the molecule is Cc1cc(OCn2ccc(C(=O)Nc3sc(C(N)=O)c(C)c3C(=O)OC(C)C)n2)ccc1Cl. The average molecular weight is 491 g/mol. The van der Waals surface area contributed by atoms with Crippen molar-refractivity contribution < 1.29 is 23.9 Å². The average Bonchev–Trinajstić information content (AvgIpc) is 3.33. The van der Waals surface area contributed by atoms with Gasteiger partial charge in [0.05, 0.1) is 16.5 Å². The van der Waals surface area contributed by atoms with Gasteiger partial charge in [-0.1, -0.05) is 11.6 Å². The molecule has 0 spiro atoms. The molecule has 33 heavy (non-hydrogen) atoms. The lowest BCUT2D eigenvalue weighted by molar-refractivity contribution is 0.0379. The zero-order valence-electron chi connectivity index (χ0n) is 18.5. The molecule has 3 N–H and O–H groups in total. The highest BCUT2D eigenvalue weighted by Gasteiger charge is 2.27. The van der Waals surface area contributed by atoms with Crippen molar-refractivity contribution in [1.82, 2.24) is 9.78 Å². The number of hydrogen-bond donors (Lipinski definition) is 2. The normalized spacial score (nSPS) is 10.8. The molecular weight excluding hydrogens is 468 g/mol. The van der Waals surface area contributed by atoms with Gasteiger partial charge in [0, 0.05) is 11.2 Å². The molecule has 174 valence electrons. The highest BCUT2D eigenvalue weighted by Crippen LogP contribution is 2.34. The number of carbonyl (C=O) groups excluding carboxylic acids is 3. The first-order valence-corrected chi connectivity index (χ1v) is 11.1. The molecule has 1 aromatic carbocycles. The van der Waals surface area contributed by atoms with E-state index in [9.17, 15) is 14.4 Å². The van der Waals surface area contributed by atoms with Crippen LogP contribution in [0.15, 0.2) is 30.5 Å². The predicted octanol–water partition coefficient (Wildman–Crippen LogP) is 4.17. The van der Waals surface area contributed by atoms with Crippen LogP contribution in [0.25, 0.3) is 0 Å². The van der Waals surface area contributed by atoms with Gasteiger partial charge in [-0.25, -0.2) is 9.48 Å². The topological polar surface area (TPSA) is 126 Å². The van der Waals surface area contributed by atoms with E-state index in [-0.39, 0.29) is 34.0 Å². The molecule has 0 atom stereocenters. The van der Waals surface area contributed by atoms with E-state index in [2.05, 4.69) is 10.4 Å². The minimum absolute atomic E-state index is 0.0737. The van der Waals surface area contributed by atoms with Gasteiger partial charge in [0.25, 0.3) is 11.8 Å². The van der Waals surface area contributed by atoms with Gasteiger partial charge in [-0.3, -0.25) is 9.59 Å². The first-order valence-electron chi connectivity index (χ1n) is 9.94. The number of anilines is 1. The van der Waals surface area contributed by atoms with Crippen molar-refractivity contribution in [3.05, 3.63) is 62.7 Å². The van der Waals surface area contributed by atoms with Crippen molar-refractivity contribution in [3.63, 3.8) is 0 Å². The number of rotatable bonds is 8. The van der Waals surface area contributed by atoms with E-state index in [0.29, 0.717) is 16.3 Å². The van der Waals surface area contributed by atoms with Gasteiger partial charge in [0.2, 0.25) is 0 Å². The van der Waals surface area contributed by atoms with Gasteiger partial charge < -0.3 is 20.5 Å². The van der Waals surface area contributed by atoms with Gasteiger partial charge in [0.15, 0.2) is 12.4 Å². The minimum atomic E-state index is -0.699. The maximum Gasteiger partial charge on any atom is 0.341 e. The first kappa shape index (κ1) is 24.3. The second-order valence-corrected chi connectivity index (χ2v) is 8.89. The maximum absolute atomic E-state index is 12.8. The molecule has 2 amide bonds. The van der Waals surface area contributed by atoms with Gasteiger partial charge in [-0.2, -0.15) is 5.10 Å². The molecule has 0 aliphatic rings. The Hall–Kier alpha value is -3.37. The second-order valence-electron chi connectivity index (χ2n) is 7.46. The van der Waals surface area contributed by atoms with Crippen LogP contribution in [0.5, 0.6) is 5.75 Å². The molecule has 0 aliphatic heterocycles. The number of esters is 1. The van der Waals surface area contributed by atoms with Crippen LogP contribution in [0.1, 0.15) is 55.5 Å². The maximum atomic E-state index is 12.8. The number of primary amides is 1. The number of aryl methyl sites for hydroxylation is 1. The van der Waals surface area contributed by atoms with Crippen LogP contribution in [0.3, 0.4) is 0 Å². The number of amides is 2. The summed E-state index contributed by atoms with van der Waals surface area (Å²) in [6, 6.07) is 6.78. The highest BCUT2D eigenvalue weighted by atomic mass is 35.5. The zero-order valence-corrected chi connectivity index (χ0v) is 20.0. The van der Waals surface area contributed by atoms with E-state index in [0.717, 1.165) is 16.9 Å². The Morgan fingerprint density at radius 2 is 1.97 bits per heavy atom. The molecule has 11 heteroatoms. The van der Waals surface area contributed by atoms with Crippen LogP contribution in [0.4, 0.5) is 5.00 Å². The van der Waals surface area contributed by atoms with Crippen LogP contribution in [0, 0.1) is 13.8 Å². The van der Waals surface area contributed by atoms with Gasteiger partial charge in [-0.05, 0) is 63.1 Å². The lowest BCUT2D eigenvalue weighted by Crippen LogP contribution is -2.18. The minimum Gasteiger partial charge on any atom is -0.471 e. The number of nitrogens with two attached hydrogens (primary N) is 1. The number of ether oxygens (including phenoxy) is 2. The lowest BCUT2D eigenvalue weighted by atomic mass is 10.1. The van der Waals surface area contributed by atoms with E-state index in [1.807, 2.05) is 6.92 Å². The Bertz CT molecular complexity index is 1220. The largest absolute Gasteiger partial charge is 0.471 e. The summed E-state index contributed by atoms with van der Waals surface area (Å²) >= 11 is 6.93. The third kappa shape index (κ3) is 5.71. The highest BCUT2D eigenvalue weighted by molar-refractivity contribution is 7.18. The van der Waals surface area contributed by atoms with E-state index >= 15 is 0 Å². The molecule has 0 aliphatic carbocycles. The summed E-state index contributed by atoms with van der Waals surface area (Å²) < 4.78 is 12.4. The lowest BCUT2D eigenvalue weighted by Gasteiger charge is -2.10. The van der Waals surface area contributed by atoms with Crippen molar-refractivity contribution in [2.45, 2.75) is 40.5 Å². The molecule has 0 unspecified atom stereocenters. The van der Waals surface area contributed by atoms with Crippen LogP contribution < -0.4 is 15.8 Å². The van der Waals surface area contributed by atoms with Crippen molar-refractivity contribution in [3.8, 4) is 5.75 Å². The van der Waals surface area contributed by atoms with Crippen LogP contribution >= 0.6 is 22.9 Å². The Morgan fingerprint density at radius 3 is 2.61 bits per heavy atom. The standard InChI is InChI=1S/C22H23ClN4O5S/c1-11(2)32-22(30)17-13(4)18(19(24)28)33-21(17)25-20(29)16-7-8-27(26-16)10-31-14-5-6-15(23)12(3)9-14/h5-9,11H,10H2,1-4H3,(H2,24,28)(H,25,29). The number of carbonyl (C=O) groups is 3. The Balaban J connectivity index is 1.75. The fraction of sp³-hybridized carbons (Fsp3) is 0.273. The molecule has 0 radical (unpaired) electrons. The monoisotopic (exact) mass is 490 g/mol. The zero-order chi connectivity index (χ0) is 24.3. The molecular formula is C22H23ClN4O5S. The Labute approximate surface area is 199 Å². The van der Waals surface area contributed by atoms with Crippen LogP contribution in [-0.4, -0.2) is 33.7 Å². The molecule has 0 bridgehead atoms. The van der Waals surface area contributed by atoms with E-state index in [1.165, 1.54) is 10.7 Å². The molecule has 3 rings (SSSR count). The van der Waals surface area contributed by atoms with Gasteiger partial charge >= 0.3 is 5.97 Å². The summed E-state index contributed by atoms with van der Waals surface area (Å²) in [4.78, 5) is 37.2. The Kier molecular flexibility index (Phi) is 7.39. The molecule has 0 fully saturated rings. The number of aromatic nitrogens is 2. The van der Waals surface area contributed by atoms with Gasteiger partial charge in [-0.15, -0.1) is 11.3 Å². The summed E-state index contributed by atoms with van der Waals surface area (Å²) in [5, 5.41) is 7.64. The smallest absolute Gasteiger partial charge is 0.341 e. The molecule has 2 heterocycles. The fourth-order valence-electron chi connectivity index (χ4n) is 2.92. The second kappa shape index (κ2) is 10.1. The predicted molar refractivity (Wildman–Crippen MR) is 125 cm³/mol. The number of benzene rings is 1. The number of thiophene rings is 1. The summed E-state index contributed by atoms with van der Waals surface area (Å²) in [7, 11) is 0. The molecule has 2 aromatic heterocycles. The van der Waals surface area contributed by atoms with E-state index in [1.54, 1.807) is 45.2 Å². The summed E-state index contributed by atoms with van der Waals surface area (Å²) in [5.41, 5.74) is 6.83. The van der Waals surface area contributed by atoms with Crippen molar-refractivity contribution in [1.29, 1.82) is 0 Å².